The predicted molar refractivity (Wildman–Crippen MR) is 117 cm³/mol. The maximum atomic E-state index is 13.0. The fraction of sp³-hybridized carbons (Fsp3) is 0.565. The molecule has 0 spiro atoms. The molecule has 162 valence electrons. The van der Waals surface area contributed by atoms with Gasteiger partial charge in [-0.2, -0.15) is 5.10 Å². The molecule has 7 nitrogen and oxygen atoms in total. The minimum absolute atomic E-state index is 0.0493. The molecule has 0 radical (unpaired) electrons. The van der Waals surface area contributed by atoms with Crippen LogP contribution in [0.1, 0.15) is 51.1 Å². The molecule has 3 rings (SSSR count). The Labute approximate surface area is 177 Å². The molecule has 2 aromatic rings. The Morgan fingerprint density at radius 2 is 1.93 bits per heavy atom. The third-order valence-corrected chi connectivity index (χ3v) is 5.83. The number of rotatable bonds is 8. The van der Waals surface area contributed by atoms with Crippen molar-refractivity contribution >= 4 is 22.6 Å². The standard InChI is InChI=1S/C23H32N4O3/c1-3-4-5-8-13-24-22(29)17-10-9-14-27(16-17)21(28)15-20-18-11-6-7-12-19(18)23(30)26(2)25-20/h6-7,11-12,17H,3-5,8-10,13-16H2,1-2H3,(H,24,29). The number of carbonyl (C=O) groups excluding carboxylic acids is 2. The van der Waals surface area contributed by atoms with E-state index in [9.17, 15) is 14.4 Å². The number of unbranched alkanes of at least 4 members (excludes halogenated alkanes) is 3. The molecule has 30 heavy (non-hydrogen) atoms. The van der Waals surface area contributed by atoms with Crippen LogP contribution in [-0.2, 0) is 23.1 Å². The second kappa shape index (κ2) is 10.4. The average Bonchev–Trinajstić information content (AvgIpc) is 2.77. The molecule has 0 saturated carbocycles. The topological polar surface area (TPSA) is 84.3 Å². The van der Waals surface area contributed by atoms with E-state index < -0.39 is 0 Å². The van der Waals surface area contributed by atoms with Crippen LogP contribution in [-0.4, -0.2) is 46.1 Å². The van der Waals surface area contributed by atoms with E-state index in [1.165, 1.54) is 17.5 Å². The summed E-state index contributed by atoms with van der Waals surface area (Å²) in [5.41, 5.74) is 0.427. The summed E-state index contributed by atoms with van der Waals surface area (Å²) < 4.78 is 1.29. The normalized spacial score (nSPS) is 16.6. The lowest BCUT2D eigenvalue weighted by Crippen LogP contribution is -2.46. The zero-order chi connectivity index (χ0) is 21.5. The molecule has 1 aromatic heterocycles. The number of benzene rings is 1. The van der Waals surface area contributed by atoms with E-state index in [4.69, 9.17) is 0 Å². The number of piperidine rings is 1. The van der Waals surface area contributed by atoms with Gasteiger partial charge in [-0.3, -0.25) is 14.4 Å². The highest BCUT2D eigenvalue weighted by Gasteiger charge is 2.28. The lowest BCUT2D eigenvalue weighted by Gasteiger charge is -2.32. The van der Waals surface area contributed by atoms with Crippen molar-refractivity contribution in [3.8, 4) is 0 Å². The average molecular weight is 413 g/mol. The first-order chi connectivity index (χ1) is 14.5. The Kier molecular flexibility index (Phi) is 7.60. The molecule has 0 aliphatic carbocycles. The Morgan fingerprint density at radius 3 is 2.70 bits per heavy atom. The number of likely N-dealkylation sites (tertiary alicyclic amines) is 1. The monoisotopic (exact) mass is 412 g/mol. The molecule has 1 aliphatic rings. The first-order valence-electron chi connectivity index (χ1n) is 11.0. The first kappa shape index (κ1) is 22.0. The van der Waals surface area contributed by atoms with Crippen molar-refractivity contribution in [3.05, 3.63) is 40.3 Å². The third-order valence-electron chi connectivity index (χ3n) is 5.83. The lowest BCUT2D eigenvalue weighted by molar-refractivity contribution is -0.135. The van der Waals surface area contributed by atoms with Gasteiger partial charge in [-0.1, -0.05) is 44.4 Å². The molecule has 1 fully saturated rings. The number of fused-ring (bicyclic) bond motifs is 1. The minimum atomic E-state index is -0.171. The SMILES string of the molecule is CCCCCCNC(=O)C1CCCN(C(=O)Cc2nn(C)c(=O)c3ccccc23)C1. The molecule has 7 heteroatoms. The van der Waals surface area contributed by atoms with Crippen LogP contribution in [0.5, 0.6) is 0 Å². The Bertz CT molecular complexity index is 953. The molecule has 0 bridgehead atoms. The highest BCUT2D eigenvalue weighted by Crippen LogP contribution is 2.19. The first-order valence-corrected chi connectivity index (χ1v) is 11.0. The summed E-state index contributed by atoms with van der Waals surface area (Å²) in [4.78, 5) is 39.6. The number of amides is 2. The van der Waals surface area contributed by atoms with E-state index in [1.54, 1.807) is 18.0 Å². The summed E-state index contributed by atoms with van der Waals surface area (Å²) in [5.74, 6) is -0.153. The number of hydrogen-bond donors (Lipinski definition) is 1. The molecule has 1 aliphatic heterocycles. The summed E-state index contributed by atoms with van der Waals surface area (Å²) in [7, 11) is 1.60. The van der Waals surface area contributed by atoms with E-state index in [1.807, 2.05) is 18.2 Å². The second-order valence-corrected chi connectivity index (χ2v) is 8.13. The van der Waals surface area contributed by atoms with Crippen LogP contribution < -0.4 is 10.9 Å². The van der Waals surface area contributed by atoms with Crippen LogP contribution in [0.3, 0.4) is 0 Å². The number of carbonyl (C=O) groups is 2. The van der Waals surface area contributed by atoms with Crippen molar-refractivity contribution in [3.63, 3.8) is 0 Å². The number of aromatic nitrogens is 2. The molecule has 1 saturated heterocycles. The Morgan fingerprint density at radius 1 is 1.17 bits per heavy atom. The number of hydrogen-bond acceptors (Lipinski definition) is 4. The van der Waals surface area contributed by atoms with E-state index >= 15 is 0 Å². The molecule has 2 amide bonds. The van der Waals surface area contributed by atoms with Crippen molar-refractivity contribution in [2.75, 3.05) is 19.6 Å². The van der Waals surface area contributed by atoms with Gasteiger partial charge in [-0.25, -0.2) is 4.68 Å². The second-order valence-electron chi connectivity index (χ2n) is 8.13. The zero-order valence-electron chi connectivity index (χ0n) is 18.0. The van der Waals surface area contributed by atoms with Crippen LogP contribution in [0.2, 0.25) is 0 Å². The largest absolute Gasteiger partial charge is 0.356 e. The van der Waals surface area contributed by atoms with Crippen LogP contribution in [0.4, 0.5) is 0 Å². The van der Waals surface area contributed by atoms with Crippen molar-refractivity contribution in [1.82, 2.24) is 20.0 Å². The molecule has 1 aromatic carbocycles. The molecule has 1 atom stereocenters. The molecular formula is C23H32N4O3. The Hall–Kier alpha value is -2.70. The predicted octanol–water partition coefficient (Wildman–Crippen LogP) is 2.41. The van der Waals surface area contributed by atoms with Crippen molar-refractivity contribution < 1.29 is 9.59 Å². The number of nitrogens with zero attached hydrogens (tertiary/aromatic N) is 3. The van der Waals surface area contributed by atoms with Gasteiger partial charge < -0.3 is 10.2 Å². The fourth-order valence-electron chi connectivity index (χ4n) is 4.09. The van der Waals surface area contributed by atoms with E-state index in [-0.39, 0.29) is 29.7 Å². The van der Waals surface area contributed by atoms with Gasteiger partial charge in [0.15, 0.2) is 0 Å². The van der Waals surface area contributed by atoms with Gasteiger partial charge in [-0.15, -0.1) is 0 Å². The van der Waals surface area contributed by atoms with Gasteiger partial charge in [0, 0.05) is 32.1 Å². The smallest absolute Gasteiger partial charge is 0.274 e. The van der Waals surface area contributed by atoms with Gasteiger partial charge >= 0.3 is 0 Å². The number of aryl methyl sites for hydroxylation is 1. The van der Waals surface area contributed by atoms with E-state index in [2.05, 4.69) is 17.3 Å². The van der Waals surface area contributed by atoms with Crippen molar-refractivity contribution in [2.45, 2.75) is 51.9 Å². The third kappa shape index (κ3) is 5.26. The van der Waals surface area contributed by atoms with Gasteiger partial charge in [0.1, 0.15) is 0 Å². The lowest BCUT2D eigenvalue weighted by atomic mass is 9.96. The fourth-order valence-corrected chi connectivity index (χ4v) is 4.09. The summed E-state index contributed by atoms with van der Waals surface area (Å²) in [6, 6.07) is 7.25. The van der Waals surface area contributed by atoms with Crippen LogP contribution in [0.15, 0.2) is 29.1 Å². The Balaban J connectivity index is 1.62. The minimum Gasteiger partial charge on any atom is -0.356 e. The van der Waals surface area contributed by atoms with Gasteiger partial charge in [-0.05, 0) is 25.3 Å². The van der Waals surface area contributed by atoms with Crippen LogP contribution in [0.25, 0.3) is 10.8 Å². The molecular weight excluding hydrogens is 380 g/mol. The van der Waals surface area contributed by atoms with Crippen molar-refractivity contribution in [2.24, 2.45) is 13.0 Å². The van der Waals surface area contributed by atoms with Gasteiger partial charge in [0.05, 0.1) is 23.4 Å². The molecule has 1 unspecified atom stereocenters. The zero-order valence-corrected chi connectivity index (χ0v) is 18.0. The maximum Gasteiger partial charge on any atom is 0.274 e. The summed E-state index contributed by atoms with van der Waals surface area (Å²) in [6.07, 6.45) is 6.25. The highest BCUT2D eigenvalue weighted by molar-refractivity contribution is 5.88. The molecule has 1 N–H and O–H groups in total. The van der Waals surface area contributed by atoms with Crippen LogP contribution in [0, 0.1) is 5.92 Å². The molecule has 2 heterocycles. The summed E-state index contributed by atoms with van der Waals surface area (Å²) in [6.45, 7) is 3.98. The van der Waals surface area contributed by atoms with E-state index in [0.717, 1.165) is 25.7 Å². The van der Waals surface area contributed by atoms with Gasteiger partial charge in [0.2, 0.25) is 11.8 Å². The van der Waals surface area contributed by atoms with Crippen molar-refractivity contribution in [1.29, 1.82) is 0 Å². The highest BCUT2D eigenvalue weighted by atomic mass is 16.2. The maximum absolute atomic E-state index is 13.0. The van der Waals surface area contributed by atoms with Crippen LogP contribution >= 0.6 is 0 Å². The number of nitrogens with one attached hydrogen (secondary N) is 1. The summed E-state index contributed by atoms with van der Waals surface area (Å²) >= 11 is 0. The summed E-state index contributed by atoms with van der Waals surface area (Å²) in [5, 5.41) is 8.64. The van der Waals surface area contributed by atoms with Gasteiger partial charge in [0.25, 0.3) is 5.56 Å². The quantitative estimate of drug-likeness (QED) is 0.675. The van der Waals surface area contributed by atoms with E-state index in [0.29, 0.717) is 36.1 Å².